The van der Waals surface area contributed by atoms with Crippen LogP contribution in [0.15, 0.2) is 52.0 Å². The molecule has 0 aliphatic rings. The molecule has 0 saturated heterocycles. The topological polar surface area (TPSA) is 113 Å². The molecule has 2 aromatic carbocycles. The summed E-state index contributed by atoms with van der Waals surface area (Å²) in [5, 5.41) is 15.5. The van der Waals surface area contributed by atoms with Crippen LogP contribution < -0.4 is 20.0 Å². The van der Waals surface area contributed by atoms with E-state index in [1.807, 2.05) is 25.1 Å². The van der Waals surface area contributed by atoms with Crippen LogP contribution in [0.4, 0.5) is 0 Å². The fourth-order valence-electron chi connectivity index (χ4n) is 2.79. The number of hydrazone groups is 1. The Balaban J connectivity index is 1.77. The predicted octanol–water partition coefficient (Wildman–Crippen LogP) is 2.03. The highest BCUT2D eigenvalue weighted by atomic mass is 16.5. The Morgan fingerprint density at radius 1 is 1.17 bits per heavy atom. The average Bonchev–Trinajstić information content (AvgIpc) is 3.07. The van der Waals surface area contributed by atoms with E-state index in [9.17, 15) is 14.7 Å². The molecule has 0 aliphatic carbocycles. The molecule has 0 fully saturated rings. The summed E-state index contributed by atoms with van der Waals surface area (Å²) >= 11 is 0. The number of rotatable bonds is 7. The van der Waals surface area contributed by atoms with Gasteiger partial charge in [0.15, 0.2) is 17.3 Å². The van der Waals surface area contributed by atoms with Crippen molar-refractivity contribution in [2.24, 2.45) is 5.10 Å². The van der Waals surface area contributed by atoms with Crippen LogP contribution in [0.25, 0.3) is 11.0 Å². The third-order valence-corrected chi connectivity index (χ3v) is 4.30. The standard InChI is InChI=1S/C21H20N2O6/c1-12-15-6-4-5-7-16(15)29-20(12)21(26)23-22-13(2)14-8-9-17(18(10-14)27-3)28-11-19(24)25/h4-10H,11H2,1-3H3,(H,23,26)(H,24,25)/p-1/b22-13-. The Labute approximate surface area is 166 Å². The van der Waals surface area contributed by atoms with Crippen LogP contribution in [-0.2, 0) is 4.79 Å². The third kappa shape index (κ3) is 4.37. The maximum Gasteiger partial charge on any atom is 0.307 e. The largest absolute Gasteiger partial charge is 0.546 e. The first-order chi connectivity index (χ1) is 13.9. The molecule has 0 unspecified atom stereocenters. The van der Waals surface area contributed by atoms with Crippen LogP contribution in [0.1, 0.15) is 28.6 Å². The highest BCUT2D eigenvalue weighted by Crippen LogP contribution is 2.28. The number of para-hydroxylation sites is 1. The number of benzene rings is 2. The minimum absolute atomic E-state index is 0.200. The second kappa shape index (κ2) is 8.47. The lowest BCUT2D eigenvalue weighted by molar-refractivity contribution is -0.307. The number of carbonyl (C=O) groups is 2. The van der Waals surface area contributed by atoms with Gasteiger partial charge in [0.25, 0.3) is 0 Å². The molecular formula is C21H19N2O6-. The smallest absolute Gasteiger partial charge is 0.307 e. The van der Waals surface area contributed by atoms with Crippen LogP contribution in [-0.4, -0.2) is 31.3 Å². The van der Waals surface area contributed by atoms with Crippen molar-refractivity contribution in [3.05, 3.63) is 59.4 Å². The molecule has 1 N–H and O–H groups in total. The number of carbonyl (C=O) groups excluding carboxylic acids is 2. The van der Waals surface area contributed by atoms with Crippen LogP contribution in [0, 0.1) is 6.92 Å². The quantitative estimate of drug-likeness (QED) is 0.484. The van der Waals surface area contributed by atoms with Gasteiger partial charge in [-0.2, -0.15) is 5.10 Å². The molecule has 1 heterocycles. The lowest BCUT2D eigenvalue weighted by atomic mass is 10.1. The van der Waals surface area contributed by atoms with Gasteiger partial charge in [0.1, 0.15) is 12.2 Å². The molecule has 8 heteroatoms. The van der Waals surface area contributed by atoms with Gasteiger partial charge in [-0.05, 0) is 38.1 Å². The van der Waals surface area contributed by atoms with Gasteiger partial charge < -0.3 is 23.8 Å². The molecule has 150 valence electrons. The van der Waals surface area contributed by atoms with Crippen molar-refractivity contribution in [3.8, 4) is 11.5 Å². The molecule has 29 heavy (non-hydrogen) atoms. The maximum atomic E-state index is 12.5. The summed E-state index contributed by atoms with van der Waals surface area (Å²) in [5.74, 6) is -1.00. The Hall–Kier alpha value is -3.81. The lowest BCUT2D eigenvalue weighted by Crippen LogP contribution is -2.29. The van der Waals surface area contributed by atoms with E-state index < -0.39 is 18.5 Å². The number of nitrogens with zero attached hydrogens (tertiary/aromatic N) is 1. The van der Waals surface area contributed by atoms with Gasteiger partial charge in [-0.1, -0.05) is 18.2 Å². The zero-order chi connectivity index (χ0) is 21.0. The number of amides is 1. The van der Waals surface area contributed by atoms with Crippen molar-refractivity contribution < 1.29 is 28.6 Å². The van der Waals surface area contributed by atoms with Crippen molar-refractivity contribution in [1.29, 1.82) is 0 Å². The van der Waals surface area contributed by atoms with Crippen molar-refractivity contribution in [2.75, 3.05) is 13.7 Å². The molecular weight excluding hydrogens is 376 g/mol. The number of hydrogen-bond acceptors (Lipinski definition) is 7. The Morgan fingerprint density at radius 2 is 1.93 bits per heavy atom. The van der Waals surface area contributed by atoms with Crippen molar-refractivity contribution in [1.82, 2.24) is 5.43 Å². The average molecular weight is 395 g/mol. The first kappa shape index (κ1) is 19.9. The minimum Gasteiger partial charge on any atom is -0.546 e. The number of nitrogens with one attached hydrogen (secondary N) is 1. The number of aliphatic carboxylic acids is 1. The molecule has 1 amide bonds. The van der Waals surface area contributed by atoms with E-state index in [1.165, 1.54) is 7.11 Å². The molecule has 3 aromatic rings. The Kier molecular flexibility index (Phi) is 5.82. The number of methoxy groups -OCH3 is 1. The number of aryl methyl sites for hydroxylation is 1. The van der Waals surface area contributed by atoms with E-state index >= 15 is 0 Å². The SMILES string of the molecule is COc1cc(/C(C)=N\NC(=O)c2oc3ccccc3c2C)ccc1OCC(=O)[O-]. The van der Waals surface area contributed by atoms with Crippen molar-refractivity contribution in [2.45, 2.75) is 13.8 Å². The number of ether oxygens (including phenoxy) is 2. The predicted molar refractivity (Wildman–Crippen MR) is 104 cm³/mol. The fourth-order valence-corrected chi connectivity index (χ4v) is 2.79. The highest BCUT2D eigenvalue weighted by molar-refractivity contribution is 6.02. The monoisotopic (exact) mass is 395 g/mol. The summed E-state index contributed by atoms with van der Waals surface area (Å²) in [6.45, 7) is 2.94. The number of fused-ring (bicyclic) bond motifs is 1. The summed E-state index contributed by atoms with van der Waals surface area (Å²) in [7, 11) is 1.43. The lowest BCUT2D eigenvalue weighted by Gasteiger charge is -2.12. The van der Waals surface area contributed by atoms with Crippen LogP contribution in [0.5, 0.6) is 11.5 Å². The summed E-state index contributed by atoms with van der Waals surface area (Å²) in [6, 6.07) is 12.2. The van der Waals surface area contributed by atoms with Crippen LogP contribution >= 0.6 is 0 Å². The van der Waals surface area contributed by atoms with E-state index in [1.54, 1.807) is 31.2 Å². The van der Waals surface area contributed by atoms with Gasteiger partial charge in [-0.25, -0.2) is 5.43 Å². The van der Waals surface area contributed by atoms with Gasteiger partial charge in [-0.15, -0.1) is 0 Å². The van der Waals surface area contributed by atoms with Gasteiger partial charge in [0, 0.05) is 16.5 Å². The first-order valence-corrected chi connectivity index (χ1v) is 8.74. The van der Waals surface area contributed by atoms with Crippen molar-refractivity contribution in [3.63, 3.8) is 0 Å². The molecule has 0 saturated carbocycles. The number of hydrogen-bond donors (Lipinski definition) is 1. The van der Waals surface area contributed by atoms with E-state index in [0.717, 1.165) is 10.9 Å². The first-order valence-electron chi connectivity index (χ1n) is 8.74. The number of carboxylic acids is 1. The van der Waals surface area contributed by atoms with E-state index in [0.29, 0.717) is 22.6 Å². The van der Waals surface area contributed by atoms with E-state index in [4.69, 9.17) is 13.9 Å². The maximum absolute atomic E-state index is 12.5. The molecule has 0 aliphatic heterocycles. The molecule has 3 rings (SSSR count). The van der Waals surface area contributed by atoms with Gasteiger partial charge in [-0.3, -0.25) is 4.79 Å². The van der Waals surface area contributed by atoms with Gasteiger partial charge in [0.2, 0.25) is 0 Å². The van der Waals surface area contributed by atoms with Crippen LogP contribution in [0.3, 0.4) is 0 Å². The summed E-state index contributed by atoms with van der Waals surface area (Å²) in [4.78, 5) is 23.0. The molecule has 0 spiro atoms. The minimum atomic E-state index is -1.34. The highest BCUT2D eigenvalue weighted by Gasteiger charge is 2.17. The van der Waals surface area contributed by atoms with Gasteiger partial charge >= 0.3 is 5.91 Å². The number of furan rings is 1. The van der Waals surface area contributed by atoms with Crippen LogP contribution in [0.2, 0.25) is 0 Å². The van der Waals surface area contributed by atoms with Crippen molar-refractivity contribution >= 4 is 28.6 Å². The zero-order valence-electron chi connectivity index (χ0n) is 16.1. The molecule has 0 radical (unpaired) electrons. The summed E-state index contributed by atoms with van der Waals surface area (Å²) in [6.07, 6.45) is 0. The Morgan fingerprint density at radius 3 is 2.62 bits per heavy atom. The zero-order valence-corrected chi connectivity index (χ0v) is 16.1. The van der Waals surface area contributed by atoms with E-state index in [-0.39, 0.29) is 11.5 Å². The normalized spacial score (nSPS) is 11.3. The number of carboxylic acid groups (broad SMARTS) is 1. The van der Waals surface area contributed by atoms with Gasteiger partial charge in [0.05, 0.1) is 18.8 Å². The Bertz CT molecular complexity index is 1100. The molecule has 1 aromatic heterocycles. The summed E-state index contributed by atoms with van der Waals surface area (Å²) in [5.41, 5.74) is 5.03. The molecule has 8 nitrogen and oxygen atoms in total. The second-order valence-electron chi connectivity index (χ2n) is 6.22. The summed E-state index contributed by atoms with van der Waals surface area (Å²) < 4.78 is 16.0. The molecule has 0 atom stereocenters. The second-order valence-corrected chi connectivity index (χ2v) is 6.22. The molecule has 0 bridgehead atoms. The third-order valence-electron chi connectivity index (χ3n) is 4.30. The fraction of sp³-hybridized carbons (Fsp3) is 0.190. The van der Waals surface area contributed by atoms with E-state index in [2.05, 4.69) is 10.5 Å².